The van der Waals surface area contributed by atoms with Crippen LogP contribution in [0, 0.1) is 0 Å². The van der Waals surface area contributed by atoms with Gasteiger partial charge in [0, 0.05) is 41.4 Å². The molecule has 158 valence electrons. The van der Waals surface area contributed by atoms with E-state index in [1.807, 2.05) is 12.1 Å². The smallest absolute Gasteiger partial charge is 0.0483 e. The Morgan fingerprint density at radius 3 is 2.61 bits per heavy atom. The van der Waals surface area contributed by atoms with Crippen molar-refractivity contribution in [2.45, 2.75) is 44.1 Å². The van der Waals surface area contributed by atoms with Crippen molar-refractivity contribution in [2.24, 2.45) is 0 Å². The van der Waals surface area contributed by atoms with E-state index in [-0.39, 0.29) is 0 Å². The third kappa shape index (κ3) is 3.37. The number of benzene rings is 3. The minimum Gasteiger partial charge on any atom is -0.337 e. The lowest BCUT2D eigenvalue weighted by molar-refractivity contribution is 0.195. The average molecular weight is 429 g/mol. The van der Waals surface area contributed by atoms with E-state index in [0.717, 1.165) is 30.8 Å². The zero-order valence-electron chi connectivity index (χ0n) is 17.9. The van der Waals surface area contributed by atoms with E-state index in [1.165, 1.54) is 54.0 Å². The summed E-state index contributed by atoms with van der Waals surface area (Å²) >= 11 is 6.36. The summed E-state index contributed by atoms with van der Waals surface area (Å²) < 4.78 is 0. The van der Waals surface area contributed by atoms with Crippen molar-refractivity contribution in [3.8, 4) is 0 Å². The summed E-state index contributed by atoms with van der Waals surface area (Å²) in [5, 5.41) is 0.905. The summed E-state index contributed by atoms with van der Waals surface area (Å²) in [4.78, 5) is 5.41. The van der Waals surface area contributed by atoms with Crippen molar-refractivity contribution >= 4 is 23.0 Å². The lowest BCUT2D eigenvalue weighted by Gasteiger charge is -2.39. The van der Waals surface area contributed by atoms with Crippen molar-refractivity contribution < 1.29 is 0 Å². The first-order chi connectivity index (χ1) is 15.3. The number of fused-ring (bicyclic) bond motifs is 5. The van der Waals surface area contributed by atoms with Gasteiger partial charge >= 0.3 is 0 Å². The monoisotopic (exact) mass is 428 g/mol. The number of para-hydroxylation sites is 2. The fourth-order valence-corrected chi connectivity index (χ4v) is 6.35. The molecule has 0 amide bonds. The van der Waals surface area contributed by atoms with Crippen LogP contribution in [0.1, 0.15) is 41.0 Å². The number of nitrogens with zero attached hydrogens (tertiary/aromatic N) is 2. The lowest BCUT2D eigenvalue weighted by Crippen LogP contribution is -2.45. The van der Waals surface area contributed by atoms with E-state index in [2.05, 4.69) is 64.4 Å². The molecule has 2 atom stereocenters. The Labute approximate surface area is 190 Å². The van der Waals surface area contributed by atoms with Crippen molar-refractivity contribution in [1.82, 2.24) is 4.90 Å². The Bertz CT molecular complexity index is 1110. The van der Waals surface area contributed by atoms with E-state index >= 15 is 0 Å². The van der Waals surface area contributed by atoms with Crippen LogP contribution in [0.3, 0.4) is 0 Å². The largest absolute Gasteiger partial charge is 0.337 e. The molecule has 0 aromatic heterocycles. The van der Waals surface area contributed by atoms with Gasteiger partial charge in [0.1, 0.15) is 0 Å². The summed E-state index contributed by atoms with van der Waals surface area (Å²) in [7, 11) is 0. The van der Waals surface area contributed by atoms with Gasteiger partial charge in [-0.2, -0.15) is 0 Å². The summed E-state index contributed by atoms with van der Waals surface area (Å²) in [6.45, 7) is 3.51. The third-order valence-electron chi connectivity index (χ3n) is 7.58. The van der Waals surface area contributed by atoms with Crippen LogP contribution < -0.4 is 4.90 Å². The molecule has 3 aliphatic heterocycles. The van der Waals surface area contributed by atoms with Crippen LogP contribution in [0.15, 0.2) is 66.7 Å². The van der Waals surface area contributed by atoms with Crippen LogP contribution in [-0.2, 0) is 19.3 Å². The van der Waals surface area contributed by atoms with Crippen LogP contribution in [0.25, 0.3) is 0 Å². The molecule has 6 rings (SSSR count). The first kappa shape index (κ1) is 19.4. The van der Waals surface area contributed by atoms with E-state index in [9.17, 15) is 0 Å². The quantitative estimate of drug-likeness (QED) is 0.475. The normalized spacial score (nSPS) is 21.9. The standard InChI is InChI=1S/C28H29ClN2/c29-25-12-3-1-7-20(25)10-6-17-30-18-16-27-24(19-30)23-11-5-9-22-15-14-21-8-2-4-13-26(21)31(27)28(22)23/h1-5,7-9,11-13,24,27H,6,10,14-19H2. The fourth-order valence-electron chi connectivity index (χ4n) is 6.12. The van der Waals surface area contributed by atoms with Crippen LogP contribution in [-0.4, -0.2) is 30.6 Å². The highest BCUT2D eigenvalue weighted by Gasteiger charge is 2.44. The molecule has 0 spiro atoms. The highest BCUT2D eigenvalue weighted by Crippen LogP contribution is 2.52. The van der Waals surface area contributed by atoms with Crippen LogP contribution in [0.2, 0.25) is 5.02 Å². The van der Waals surface area contributed by atoms with Gasteiger partial charge in [0.2, 0.25) is 0 Å². The maximum Gasteiger partial charge on any atom is 0.0483 e. The van der Waals surface area contributed by atoms with E-state index < -0.39 is 0 Å². The first-order valence-corrected chi connectivity index (χ1v) is 12.1. The van der Waals surface area contributed by atoms with Gasteiger partial charge in [0.25, 0.3) is 0 Å². The molecule has 2 unspecified atom stereocenters. The lowest BCUT2D eigenvalue weighted by atomic mass is 9.87. The van der Waals surface area contributed by atoms with Crippen molar-refractivity contribution in [2.75, 3.05) is 24.5 Å². The molecular weight excluding hydrogens is 400 g/mol. The van der Waals surface area contributed by atoms with Crippen LogP contribution in [0.4, 0.5) is 11.4 Å². The topological polar surface area (TPSA) is 6.48 Å². The molecule has 3 heteroatoms. The summed E-state index contributed by atoms with van der Waals surface area (Å²) in [6.07, 6.45) is 5.76. The Hall–Kier alpha value is -2.29. The number of hydrogen-bond acceptors (Lipinski definition) is 2. The molecule has 0 N–H and O–H groups in total. The molecule has 0 aliphatic carbocycles. The van der Waals surface area contributed by atoms with Gasteiger partial charge in [-0.05, 0) is 73.0 Å². The zero-order chi connectivity index (χ0) is 20.8. The second-order valence-corrected chi connectivity index (χ2v) is 9.72. The molecule has 3 heterocycles. The van der Waals surface area contributed by atoms with E-state index in [1.54, 1.807) is 5.56 Å². The molecule has 0 radical (unpaired) electrons. The first-order valence-electron chi connectivity index (χ1n) is 11.7. The van der Waals surface area contributed by atoms with Crippen LogP contribution in [0.5, 0.6) is 0 Å². The Morgan fingerprint density at radius 2 is 1.68 bits per heavy atom. The van der Waals surface area contributed by atoms with Gasteiger partial charge in [-0.25, -0.2) is 0 Å². The maximum absolute atomic E-state index is 6.36. The number of aryl methyl sites for hydroxylation is 3. The summed E-state index contributed by atoms with van der Waals surface area (Å²) in [5.74, 6) is 0.607. The number of halogens is 1. The molecule has 2 nitrogen and oxygen atoms in total. The molecule has 0 bridgehead atoms. The second kappa shape index (κ2) is 8.00. The summed E-state index contributed by atoms with van der Waals surface area (Å²) in [5.41, 5.74) is 8.88. The molecule has 1 fully saturated rings. The number of piperidine rings is 1. The molecule has 3 aromatic rings. The van der Waals surface area contributed by atoms with E-state index in [4.69, 9.17) is 11.6 Å². The molecule has 0 saturated carbocycles. The molecule has 31 heavy (non-hydrogen) atoms. The van der Waals surface area contributed by atoms with Crippen molar-refractivity contribution in [3.63, 3.8) is 0 Å². The predicted octanol–water partition coefficient (Wildman–Crippen LogP) is 6.38. The Balaban J connectivity index is 1.24. The van der Waals surface area contributed by atoms with Gasteiger partial charge < -0.3 is 9.80 Å². The molecule has 3 aliphatic rings. The fraction of sp³-hybridized carbons (Fsp3) is 0.357. The highest BCUT2D eigenvalue weighted by atomic mass is 35.5. The minimum absolute atomic E-state index is 0.593. The summed E-state index contributed by atoms with van der Waals surface area (Å²) in [6, 6.07) is 25.0. The van der Waals surface area contributed by atoms with Gasteiger partial charge in [-0.15, -0.1) is 0 Å². The zero-order valence-corrected chi connectivity index (χ0v) is 18.7. The SMILES string of the molecule is Clc1ccccc1CCCN1CCC2C(C1)c1cccc3c1N2c1ccccc1CC3. The average Bonchev–Trinajstić information content (AvgIpc) is 3.03. The van der Waals surface area contributed by atoms with Crippen LogP contribution >= 0.6 is 11.6 Å². The third-order valence-corrected chi connectivity index (χ3v) is 7.95. The van der Waals surface area contributed by atoms with Gasteiger partial charge in [-0.3, -0.25) is 0 Å². The number of rotatable bonds is 4. The van der Waals surface area contributed by atoms with Crippen molar-refractivity contribution in [1.29, 1.82) is 0 Å². The minimum atomic E-state index is 0.593. The van der Waals surface area contributed by atoms with Gasteiger partial charge in [-0.1, -0.05) is 66.2 Å². The Morgan fingerprint density at radius 1 is 0.871 bits per heavy atom. The number of likely N-dealkylation sites (tertiary alicyclic amines) is 1. The predicted molar refractivity (Wildman–Crippen MR) is 130 cm³/mol. The number of hydrogen-bond donors (Lipinski definition) is 0. The molecule has 3 aromatic carbocycles. The Kier molecular flexibility index (Phi) is 5.01. The second-order valence-electron chi connectivity index (χ2n) is 9.31. The van der Waals surface area contributed by atoms with Gasteiger partial charge in [0.15, 0.2) is 0 Å². The molecular formula is C28H29ClN2. The highest BCUT2D eigenvalue weighted by molar-refractivity contribution is 6.31. The maximum atomic E-state index is 6.36. The van der Waals surface area contributed by atoms with Crippen molar-refractivity contribution in [3.05, 3.63) is 94.0 Å². The van der Waals surface area contributed by atoms with Gasteiger partial charge in [0.05, 0.1) is 0 Å². The molecule has 1 saturated heterocycles. The van der Waals surface area contributed by atoms with E-state index in [0.29, 0.717) is 12.0 Å². The number of anilines is 2.